The second-order valence-corrected chi connectivity index (χ2v) is 8.78. The van der Waals surface area contributed by atoms with Gasteiger partial charge in [-0.15, -0.1) is 0 Å². The van der Waals surface area contributed by atoms with Gasteiger partial charge >= 0.3 is 0 Å². The highest BCUT2D eigenvalue weighted by Gasteiger charge is 2.28. The first-order chi connectivity index (χ1) is 12.8. The molecule has 0 spiro atoms. The number of hydrogen-bond acceptors (Lipinski definition) is 5. The normalized spacial score (nSPS) is 14.5. The third-order valence-corrected chi connectivity index (χ3v) is 6.47. The van der Waals surface area contributed by atoms with Crippen molar-refractivity contribution in [1.29, 1.82) is 0 Å². The van der Waals surface area contributed by atoms with Crippen LogP contribution in [-0.2, 0) is 19.4 Å². The summed E-state index contributed by atoms with van der Waals surface area (Å²) >= 11 is 0. The lowest BCUT2D eigenvalue weighted by Gasteiger charge is -2.19. The standard InChI is InChI=1S/C19H20N2O5S/c1-12-5-3-4-6-15(12)20-18(22)9-13(2)27(24,25)14-7-8-16-17(10-14)26-11-19(23)21-16/h3-8,10,13H,9,11H2,1-2H3,(H,20,22)(H,21,23). The number of carbonyl (C=O) groups is 2. The van der Waals surface area contributed by atoms with Crippen molar-refractivity contribution in [2.24, 2.45) is 0 Å². The Hall–Kier alpha value is -2.87. The topological polar surface area (TPSA) is 102 Å². The van der Waals surface area contributed by atoms with Crippen molar-refractivity contribution in [3.8, 4) is 5.75 Å². The van der Waals surface area contributed by atoms with Crippen LogP contribution in [0.5, 0.6) is 5.75 Å². The van der Waals surface area contributed by atoms with Crippen LogP contribution in [0.1, 0.15) is 18.9 Å². The van der Waals surface area contributed by atoms with Crippen molar-refractivity contribution >= 4 is 33.0 Å². The van der Waals surface area contributed by atoms with Crippen molar-refractivity contribution in [2.45, 2.75) is 30.4 Å². The van der Waals surface area contributed by atoms with Gasteiger partial charge in [-0.2, -0.15) is 0 Å². The third-order valence-electron chi connectivity index (χ3n) is 4.34. The lowest BCUT2D eigenvalue weighted by molar-refractivity contribution is -0.118. The van der Waals surface area contributed by atoms with E-state index in [1.165, 1.54) is 25.1 Å². The Morgan fingerprint density at radius 3 is 2.74 bits per heavy atom. The van der Waals surface area contributed by atoms with E-state index < -0.39 is 15.1 Å². The van der Waals surface area contributed by atoms with E-state index in [2.05, 4.69) is 10.6 Å². The number of benzene rings is 2. The SMILES string of the molecule is Cc1ccccc1NC(=O)CC(C)S(=O)(=O)c1ccc2c(c1)OCC(=O)N2. The monoisotopic (exact) mass is 388 g/mol. The summed E-state index contributed by atoms with van der Waals surface area (Å²) in [5.74, 6) is -0.367. The van der Waals surface area contributed by atoms with Crippen LogP contribution in [0.25, 0.3) is 0 Å². The summed E-state index contributed by atoms with van der Waals surface area (Å²) in [5.41, 5.74) is 1.98. The zero-order valence-electron chi connectivity index (χ0n) is 15.0. The average molecular weight is 388 g/mol. The van der Waals surface area contributed by atoms with Crippen molar-refractivity contribution in [2.75, 3.05) is 17.2 Å². The summed E-state index contributed by atoms with van der Waals surface area (Å²) in [6.45, 7) is 3.20. The van der Waals surface area contributed by atoms with Gasteiger partial charge in [-0.3, -0.25) is 9.59 Å². The van der Waals surface area contributed by atoms with E-state index in [9.17, 15) is 18.0 Å². The predicted octanol–water partition coefficient (Wildman–Crippen LogP) is 2.52. The Labute approximate surface area is 157 Å². The Morgan fingerprint density at radius 1 is 1.26 bits per heavy atom. The largest absolute Gasteiger partial charge is 0.482 e. The van der Waals surface area contributed by atoms with Gasteiger partial charge in [0, 0.05) is 18.2 Å². The molecule has 1 aliphatic heterocycles. The van der Waals surface area contributed by atoms with Crippen LogP contribution in [0.3, 0.4) is 0 Å². The maximum Gasteiger partial charge on any atom is 0.262 e. The molecule has 1 heterocycles. The number of hydrogen-bond donors (Lipinski definition) is 2. The van der Waals surface area contributed by atoms with Gasteiger partial charge in [0.1, 0.15) is 5.75 Å². The first-order valence-electron chi connectivity index (χ1n) is 8.43. The number of sulfone groups is 1. The smallest absolute Gasteiger partial charge is 0.262 e. The molecular formula is C19H20N2O5S. The lowest BCUT2D eigenvalue weighted by atomic mass is 10.2. The maximum atomic E-state index is 12.8. The Bertz CT molecular complexity index is 1000. The van der Waals surface area contributed by atoms with Gasteiger partial charge in [-0.1, -0.05) is 18.2 Å². The number of nitrogens with one attached hydrogen (secondary N) is 2. The highest BCUT2D eigenvalue weighted by atomic mass is 32.2. The third kappa shape index (κ3) is 4.11. The number of aryl methyl sites for hydroxylation is 1. The van der Waals surface area contributed by atoms with E-state index in [1.54, 1.807) is 12.1 Å². The summed E-state index contributed by atoms with van der Waals surface area (Å²) in [4.78, 5) is 23.6. The van der Waals surface area contributed by atoms with Gasteiger partial charge in [0.05, 0.1) is 15.8 Å². The van der Waals surface area contributed by atoms with Crippen LogP contribution in [-0.4, -0.2) is 32.1 Å². The molecule has 0 radical (unpaired) electrons. The van der Waals surface area contributed by atoms with Crippen molar-refractivity contribution in [3.63, 3.8) is 0 Å². The molecule has 0 aliphatic carbocycles. The second-order valence-electron chi connectivity index (χ2n) is 6.42. The van der Waals surface area contributed by atoms with Crippen LogP contribution >= 0.6 is 0 Å². The molecule has 0 aromatic heterocycles. The van der Waals surface area contributed by atoms with E-state index in [0.717, 1.165) is 5.56 Å². The summed E-state index contributed by atoms with van der Waals surface area (Å²) < 4.78 is 30.9. The molecule has 0 fully saturated rings. The van der Waals surface area contributed by atoms with Crippen molar-refractivity contribution < 1.29 is 22.7 Å². The molecule has 8 heteroatoms. The zero-order valence-corrected chi connectivity index (χ0v) is 15.8. The lowest BCUT2D eigenvalue weighted by Crippen LogP contribution is -2.27. The molecule has 0 saturated carbocycles. The molecule has 1 unspecified atom stereocenters. The Kier molecular flexibility index (Phi) is 5.18. The molecule has 0 bridgehead atoms. The maximum absolute atomic E-state index is 12.8. The summed E-state index contributed by atoms with van der Waals surface area (Å²) in [7, 11) is -3.74. The quantitative estimate of drug-likeness (QED) is 0.820. The minimum Gasteiger partial charge on any atom is -0.482 e. The number of carbonyl (C=O) groups excluding carboxylic acids is 2. The Morgan fingerprint density at radius 2 is 2.00 bits per heavy atom. The first kappa shape index (κ1) is 18.9. The molecule has 1 aliphatic rings. The minimum absolute atomic E-state index is 0.0496. The summed E-state index contributed by atoms with van der Waals surface area (Å²) in [6.07, 6.45) is -0.175. The molecule has 3 rings (SSSR count). The van der Waals surface area contributed by atoms with E-state index in [-0.39, 0.29) is 29.7 Å². The van der Waals surface area contributed by atoms with E-state index >= 15 is 0 Å². The fourth-order valence-electron chi connectivity index (χ4n) is 2.75. The van der Waals surface area contributed by atoms with Gasteiger partial charge in [0.25, 0.3) is 5.91 Å². The number of anilines is 2. The van der Waals surface area contributed by atoms with Gasteiger partial charge in [-0.05, 0) is 37.6 Å². The fourth-order valence-corrected chi connectivity index (χ4v) is 4.11. The summed E-state index contributed by atoms with van der Waals surface area (Å²) in [5, 5.41) is 4.43. The molecule has 142 valence electrons. The van der Waals surface area contributed by atoms with Crippen LogP contribution in [0, 0.1) is 6.92 Å². The zero-order chi connectivity index (χ0) is 19.6. The molecule has 2 aromatic carbocycles. The molecule has 2 amide bonds. The first-order valence-corrected chi connectivity index (χ1v) is 9.98. The van der Waals surface area contributed by atoms with Crippen LogP contribution < -0.4 is 15.4 Å². The van der Waals surface area contributed by atoms with Gasteiger partial charge in [0.15, 0.2) is 16.4 Å². The predicted molar refractivity (Wildman–Crippen MR) is 102 cm³/mol. The van der Waals surface area contributed by atoms with Crippen molar-refractivity contribution in [1.82, 2.24) is 0 Å². The number of rotatable bonds is 5. The van der Waals surface area contributed by atoms with Gasteiger partial charge in [-0.25, -0.2) is 8.42 Å². The molecule has 0 saturated heterocycles. The molecule has 1 atom stereocenters. The van der Waals surface area contributed by atoms with Gasteiger partial charge in [0.2, 0.25) is 5.91 Å². The fraction of sp³-hybridized carbons (Fsp3) is 0.263. The molecule has 2 aromatic rings. The van der Waals surface area contributed by atoms with Crippen LogP contribution in [0.2, 0.25) is 0 Å². The van der Waals surface area contributed by atoms with E-state index in [1.807, 2.05) is 19.1 Å². The average Bonchev–Trinajstić information content (AvgIpc) is 2.63. The van der Waals surface area contributed by atoms with Crippen molar-refractivity contribution in [3.05, 3.63) is 48.0 Å². The number of para-hydroxylation sites is 1. The van der Waals surface area contributed by atoms with Gasteiger partial charge < -0.3 is 15.4 Å². The second kappa shape index (κ2) is 7.40. The number of amides is 2. The molecule has 7 nitrogen and oxygen atoms in total. The Balaban J connectivity index is 1.74. The number of fused-ring (bicyclic) bond motifs is 1. The minimum atomic E-state index is -3.74. The van der Waals surface area contributed by atoms with Crippen LogP contribution in [0.15, 0.2) is 47.4 Å². The number of ether oxygens (including phenoxy) is 1. The highest BCUT2D eigenvalue weighted by Crippen LogP contribution is 2.32. The molecule has 27 heavy (non-hydrogen) atoms. The molecule has 2 N–H and O–H groups in total. The molecular weight excluding hydrogens is 368 g/mol. The van der Waals surface area contributed by atoms with E-state index in [4.69, 9.17) is 4.74 Å². The van der Waals surface area contributed by atoms with E-state index in [0.29, 0.717) is 17.1 Å². The van der Waals surface area contributed by atoms with Crippen LogP contribution in [0.4, 0.5) is 11.4 Å². The summed E-state index contributed by atoms with van der Waals surface area (Å²) in [6, 6.07) is 11.6. The highest BCUT2D eigenvalue weighted by molar-refractivity contribution is 7.92.